The van der Waals surface area contributed by atoms with Crippen molar-refractivity contribution in [1.82, 2.24) is 14.9 Å². The molecule has 1 aliphatic rings. The Morgan fingerprint density at radius 2 is 1.56 bits per heavy atom. The zero-order valence-electron chi connectivity index (χ0n) is 16.5. The lowest BCUT2D eigenvalue weighted by atomic mass is 10.1. The second-order valence-electron chi connectivity index (χ2n) is 7.19. The van der Waals surface area contributed by atoms with Crippen LogP contribution in [0.3, 0.4) is 0 Å². The summed E-state index contributed by atoms with van der Waals surface area (Å²) in [4.78, 5) is 25.8. The van der Waals surface area contributed by atoms with Crippen LogP contribution in [0.15, 0.2) is 0 Å². The topological polar surface area (TPSA) is 49.3 Å². The molecule has 1 aromatic heterocycles. The van der Waals surface area contributed by atoms with E-state index in [4.69, 9.17) is 0 Å². The Hall–Kier alpha value is -1.65. The zero-order chi connectivity index (χ0) is 18.2. The smallest absolute Gasteiger partial charge is 0.222 e. The largest absolute Gasteiger partial charge is 0.353 e. The Balaban J connectivity index is 1.77. The second-order valence-corrected chi connectivity index (χ2v) is 7.19. The molecule has 0 spiro atoms. The highest BCUT2D eigenvalue weighted by atomic mass is 16.2. The highest BCUT2D eigenvalue weighted by Crippen LogP contribution is 2.21. The number of hydrogen-bond acceptors (Lipinski definition) is 4. The summed E-state index contributed by atoms with van der Waals surface area (Å²) in [6, 6.07) is 0. The maximum atomic E-state index is 12.4. The van der Waals surface area contributed by atoms with Gasteiger partial charge in [-0.3, -0.25) is 4.79 Å². The Morgan fingerprint density at radius 3 is 2.24 bits per heavy atom. The molecule has 1 amide bonds. The van der Waals surface area contributed by atoms with Crippen LogP contribution in [-0.2, 0) is 4.79 Å². The molecule has 0 aromatic carbocycles. The molecule has 25 heavy (non-hydrogen) atoms. The van der Waals surface area contributed by atoms with Crippen LogP contribution >= 0.6 is 0 Å². The second kappa shape index (κ2) is 9.73. The van der Waals surface area contributed by atoms with Crippen molar-refractivity contribution in [1.29, 1.82) is 0 Å². The van der Waals surface area contributed by atoms with Gasteiger partial charge >= 0.3 is 0 Å². The van der Waals surface area contributed by atoms with E-state index in [1.54, 1.807) is 0 Å². The fourth-order valence-corrected chi connectivity index (χ4v) is 3.44. The van der Waals surface area contributed by atoms with Crippen molar-refractivity contribution in [3.05, 3.63) is 17.1 Å². The molecule has 0 radical (unpaired) electrons. The minimum Gasteiger partial charge on any atom is -0.353 e. The van der Waals surface area contributed by atoms with Gasteiger partial charge in [-0.05, 0) is 27.2 Å². The molecule has 140 valence electrons. The first-order chi connectivity index (χ1) is 12.0. The predicted octanol–water partition coefficient (Wildman–Crippen LogP) is 3.80. The van der Waals surface area contributed by atoms with Gasteiger partial charge in [0.2, 0.25) is 5.91 Å². The molecule has 2 rings (SSSR count). The summed E-state index contributed by atoms with van der Waals surface area (Å²) in [7, 11) is 0. The van der Waals surface area contributed by atoms with Gasteiger partial charge in [-0.25, -0.2) is 9.97 Å². The van der Waals surface area contributed by atoms with Gasteiger partial charge in [-0.2, -0.15) is 0 Å². The molecule has 1 aromatic rings. The van der Waals surface area contributed by atoms with Gasteiger partial charge < -0.3 is 9.80 Å². The van der Waals surface area contributed by atoms with Crippen molar-refractivity contribution in [3.63, 3.8) is 0 Å². The summed E-state index contributed by atoms with van der Waals surface area (Å²) >= 11 is 0. The van der Waals surface area contributed by atoms with Crippen LogP contribution in [-0.4, -0.2) is 47.0 Å². The molecule has 0 N–H and O–H groups in total. The standard InChI is InChI=1S/C20H34N4O/c1-5-6-7-8-9-10-11-19(25)23-12-14-24(15-13-23)20-16(2)17(3)21-18(4)22-20/h5-15H2,1-4H3. The van der Waals surface area contributed by atoms with E-state index in [0.29, 0.717) is 12.3 Å². The predicted molar refractivity (Wildman–Crippen MR) is 103 cm³/mol. The number of carbonyl (C=O) groups excluding carboxylic acids is 1. The molecule has 0 bridgehead atoms. The number of carbonyl (C=O) groups is 1. The molecule has 0 saturated carbocycles. The molecule has 2 heterocycles. The molecule has 0 aliphatic carbocycles. The number of aryl methyl sites for hydroxylation is 2. The Kier molecular flexibility index (Phi) is 7.66. The zero-order valence-corrected chi connectivity index (χ0v) is 16.5. The molecule has 5 nitrogen and oxygen atoms in total. The number of piperazine rings is 1. The fourth-order valence-electron chi connectivity index (χ4n) is 3.44. The van der Waals surface area contributed by atoms with E-state index in [1.165, 1.54) is 32.1 Å². The average Bonchev–Trinajstić information content (AvgIpc) is 2.61. The summed E-state index contributed by atoms with van der Waals surface area (Å²) in [6.45, 7) is 11.6. The lowest BCUT2D eigenvalue weighted by molar-refractivity contribution is -0.131. The number of amides is 1. The monoisotopic (exact) mass is 346 g/mol. The van der Waals surface area contributed by atoms with Crippen molar-refractivity contribution in [2.45, 2.75) is 72.6 Å². The van der Waals surface area contributed by atoms with Gasteiger partial charge in [-0.1, -0.05) is 39.0 Å². The van der Waals surface area contributed by atoms with Crippen LogP contribution in [0, 0.1) is 20.8 Å². The molecule has 1 saturated heterocycles. The van der Waals surface area contributed by atoms with Gasteiger partial charge in [-0.15, -0.1) is 0 Å². The van der Waals surface area contributed by atoms with Gasteiger partial charge in [0, 0.05) is 43.9 Å². The lowest BCUT2D eigenvalue weighted by Gasteiger charge is -2.36. The van der Waals surface area contributed by atoms with Crippen molar-refractivity contribution in [3.8, 4) is 0 Å². The van der Waals surface area contributed by atoms with E-state index in [1.807, 2.05) is 18.7 Å². The molecule has 1 aliphatic heterocycles. The Morgan fingerprint density at radius 1 is 0.920 bits per heavy atom. The van der Waals surface area contributed by atoms with Crippen LogP contribution in [0.25, 0.3) is 0 Å². The molecule has 1 fully saturated rings. The summed E-state index contributed by atoms with van der Waals surface area (Å²) < 4.78 is 0. The van der Waals surface area contributed by atoms with Crippen molar-refractivity contribution >= 4 is 11.7 Å². The third-order valence-electron chi connectivity index (χ3n) is 5.15. The number of nitrogens with zero attached hydrogens (tertiary/aromatic N) is 4. The molecular formula is C20H34N4O. The van der Waals surface area contributed by atoms with Gasteiger partial charge in [0.05, 0.1) is 0 Å². The van der Waals surface area contributed by atoms with Crippen molar-refractivity contribution in [2.75, 3.05) is 31.1 Å². The van der Waals surface area contributed by atoms with Crippen LogP contribution in [0.5, 0.6) is 0 Å². The minimum absolute atomic E-state index is 0.321. The first-order valence-corrected chi connectivity index (χ1v) is 9.87. The number of aromatic nitrogens is 2. The molecule has 0 atom stereocenters. The third kappa shape index (κ3) is 5.68. The van der Waals surface area contributed by atoms with Gasteiger partial charge in [0.15, 0.2) is 0 Å². The summed E-state index contributed by atoms with van der Waals surface area (Å²) in [5.41, 5.74) is 2.20. The Bertz CT molecular complexity index is 565. The van der Waals surface area contributed by atoms with E-state index in [-0.39, 0.29) is 0 Å². The summed E-state index contributed by atoms with van der Waals surface area (Å²) in [6.07, 6.45) is 8.08. The highest BCUT2D eigenvalue weighted by molar-refractivity contribution is 5.76. The van der Waals surface area contributed by atoms with Crippen molar-refractivity contribution in [2.24, 2.45) is 0 Å². The normalized spacial score (nSPS) is 14.9. The number of anilines is 1. The van der Waals surface area contributed by atoms with E-state index in [9.17, 15) is 4.79 Å². The molecule has 0 unspecified atom stereocenters. The molecule has 5 heteroatoms. The number of rotatable bonds is 8. The van der Waals surface area contributed by atoms with Crippen LogP contribution < -0.4 is 4.90 Å². The Labute approximate surface area is 152 Å². The van der Waals surface area contributed by atoms with E-state index in [2.05, 4.69) is 28.7 Å². The van der Waals surface area contributed by atoms with Crippen LogP contribution in [0.1, 0.15) is 69.0 Å². The quantitative estimate of drug-likeness (QED) is 0.672. The first kappa shape index (κ1) is 19.7. The summed E-state index contributed by atoms with van der Waals surface area (Å²) in [5, 5.41) is 0. The van der Waals surface area contributed by atoms with Gasteiger partial charge in [0.25, 0.3) is 0 Å². The third-order valence-corrected chi connectivity index (χ3v) is 5.15. The number of unbranched alkanes of at least 4 members (excludes halogenated alkanes) is 5. The maximum absolute atomic E-state index is 12.4. The first-order valence-electron chi connectivity index (χ1n) is 9.87. The van der Waals surface area contributed by atoms with E-state index < -0.39 is 0 Å². The van der Waals surface area contributed by atoms with E-state index >= 15 is 0 Å². The minimum atomic E-state index is 0.321. The van der Waals surface area contributed by atoms with Crippen LogP contribution in [0.2, 0.25) is 0 Å². The SMILES string of the molecule is CCCCCCCCC(=O)N1CCN(c2nc(C)nc(C)c2C)CC1. The van der Waals surface area contributed by atoms with Crippen molar-refractivity contribution < 1.29 is 4.79 Å². The lowest BCUT2D eigenvalue weighted by Crippen LogP contribution is -2.49. The maximum Gasteiger partial charge on any atom is 0.222 e. The molecular weight excluding hydrogens is 312 g/mol. The highest BCUT2D eigenvalue weighted by Gasteiger charge is 2.23. The number of hydrogen-bond donors (Lipinski definition) is 0. The van der Waals surface area contributed by atoms with Crippen LogP contribution in [0.4, 0.5) is 5.82 Å². The van der Waals surface area contributed by atoms with E-state index in [0.717, 1.165) is 55.5 Å². The summed E-state index contributed by atoms with van der Waals surface area (Å²) in [5.74, 6) is 2.18. The van der Waals surface area contributed by atoms with Gasteiger partial charge in [0.1, 0.15) is 11.6 Å². The fraction of sp³-hybridized carbons (Fsp3) is 0.750. The average molecular weight is 347 g/mol.